The summed E-state index contributed by atoms with van der Waals surface area (Å²) in [6.45, 7) is 7.17. The molecule has 0 aromatic heterocycles. The van der Waals surface area contributed by atoms with Crippen LogP contribution in [0.1, 0.15) is 46.0 Å². The molecule has 1 saturated heterocycles. The minimum absolute atomic E-state index is 0.252. The van der Waals surface area contributed by atoms with Crippen LogP contribution in [0.25, 0.3) is 0 Å². The molecule has 3 rings (SSSR count). The highest BCUT2D eigenvalue weighted by Crippen LogP contribution is 2.33. The molecule has 1 N–H and O–H groups in total. The number of methoxy groups -OCH3 is 1. The summed E-state index contributed by atoms with van der Waals surface area (Å²) in [5.74, 6) is 1.77. The van der Waals surface area contributed by atoms with Crippen LogP contribution in [-0.4, -0.2) is 39.0 Å². The first-order chi connectivity index (χ1) is 11.7. The minimum Gasteiger partial charge on any atom is -0.495 e. The fourth-order valence-corrected chi connectivity index (χ4v) is 4.08. The highest BCUT2D eigenvalue weighted by molar-refractivity contribution is 5.65. The van der Waals surface area contributed by atoms with Gasteiger partial charge in [0.15, 0.2) is 0 Å². The van der Waals surface area contributed by atoms with Crippen molar-refractivity contribution in [3.05, 3.63) is 18.2 Å². The molecule has 2 atom stereocenters. The number of hydrogen-bond acceptors (Lipinski definition) is 4. The van der Waals surface area contributed by atoms with Crippen LogP contribution in [0, 0.1) is 5.92 Å². The van der Waals surface area contributed by atoms with E-state index in [1.165, 1.54) is 37.8 Å². The lowest BCUT2D eigenvalue weighted by atomic mass is 9.89. The maximum absolute atomic E-state index is 5.85. The minimum atomic E-state index is 0.252. The third kappa shape index (κ3) is 4.35. The van der Waals surface area contributed by atoms with Crippen molar-refractivity contribution in [2.75, 3.05) is 37.0 Å². The largest absolute Gasteiger partial charge is 0.495 e. The Kier molecular flexibility index (Phi) is 5.88. The summed E-state index contributed by atoms with van der Waals surface area (Å²) in [4.78, 5) is 2.38. The van der Waals surface area contributed by atoms with Crippen LogP contribution in [0.4, 0.5) is 11.4 Å². The van der Waals surface area contributed by atoms with Gasteiger partial charge in [-0.05, 0) is 44.7 Å². The monoisotopic (exact) mass is 332 g/mol. The Balaban J connectivity index is 1.66. The van der Waals surface area contributed by atoms with Crippen LogP contribution >= 0.6 is 0 Å². The van der Waals surface area contributed by atoms with Crippen LogP contribution < -0.4 is 15.0 Å². The number of nitrogens with zero attached hydrogens (tertiary/aromatic N) is 1. The Morgan fingerprint density at radius 1 is 1.12 bits per heavy atom. The molecule has 0 bridgehead atoms. The predicted molar refractivity (Wildman–Crippen MR) is 100 cm³/mol. The third-order valence-corrected chi connectivity index (χ3v) is 5.26. The number of benzene rings is 1. The maximum Gasteiger partial charge on any atom is 0.144 e. The van der Waals surface area contributed by atoms with Gasteiger partial charge in [-0.25, -0.2) is 0 Å². The fraction of sp³-hybridized carbons (Fsp3) is 0.700. The second kappa shape index (κ2) is 8.11. The maximum atomic E-state index is 5.85. The molecule has 4 nitrogen and oxygen atoms in total. The summed E-state index contributed by atoms with van der Waals surface area (Å²) in [5, 5.41) is 3.61. The Hall–Kier alpha value is -1.42. The number of nitrogens with one attached hydrogen (secondary N) is 1. The van der Waals surface area contributed by atoms with Crippen molar-refractivity contribution >= 4 is 11.4 Å². The normalized spacial score (nSPS) is 25.5. The van der Waals surface area contributed by atoms with E-state index >= 15 is 0 Å². The Bertz CT molecular complexity index is 518. The molecule has 0 radical (unpaired) electrons. The van der Waals surface area contributed by atoms with E-state index in [4.69, 9.17) is 9.47 Å². The van der Waals surface area contributed by atoms with Crippen molar-refractivity contribution in [2.45, 2.75) is 58.2 Å². The van der Waals surface area contributed by atoms with Gasteiger partial charge in [0.25, 0.3) is 0 Å². The molecular formula is C20H32N2O2. The van der Waals surface area contributed by atoms with Crippen molar-refractivity contribution in [1.29, 1.82) is 0 Å². The van der Waals surface area contributed by atoms with Crippen molar-refractivity contribution in [3.8, 4) is 5.75 Å². The lowest BCUT2D eigenvalue weighted by molar-refractivity contribution is -0.00532. The molecule has 1 aliphatic heterocycles. The van der Waals surface area contributed by atoms with E-state index in [2.05, 4.69) is 42.3 Å². The first-order valence-electron chi connectivity index (χ1n) is 9.48. The highest BCUT2D eigenvalue weighted by atomic mass is 16.5. The molecule has 134 valence electrons. The Morgan fingerprint density at radius 3 is 2.50 bits per heavy atom. The van der Waals surface area contributed by atoms with Crippen LogP contribution in [0.5, 0.6) is 5.75 Å². The smallest absolute Gasteiger partial charge is 0.144 e. The molecule has 0 spiro atoms. The van der Waals surface area contributed by atoms with Crippen molar-refractivity contribution < 1.29 is 9.47 Å². The summed E-state index contributed by atoms with van der Waals surface area (Å²) in [6, 6.07) is 6.52. The summed E-state index contributed by atoms with van der Waals surface area (Å²) >= 11 is 0. The highest BCUT2D eigenvalue weighted by Gasteiger charge is 2.24. The van der Waals surface area contributed by atoms with E-state index in [-0.39, 0.29) is 12.2 Å². The van der Waals surface area contributed by atoms with Gasteiger partial charge in [-0.2, -0.15) is 0 Å². The second-order valence-corrected chi connectivity index (χ2v) is 7.43. The molecule has 1 aliphatic carbocycles. The van der Waals surface area contributed by atoms with Gasteiger partial charge >= 0.3 is 0 Å². The fourth-order valence-electron chi connectivity index (χ4n) is 4.08. The van der Waals surface area contributed by atoms with E-state index in [1.54, 1.807) is 7.11 Å². The van der Waals surface area contributed by atoms with E-state index in [9.17, 15) is 0 Å². The van der Waals surface area contributed by atoms with Crippen molar-refractivity contribution in [3.63, 3.8) is 0 Å². The number of hydrogen-bond donors (Lipinski definition) is 1. The Morgan fingerprint density at radius 2 is 1.83 bits per heavy atom. The topological polar surface area (TPSA) is 33.7 Å². The molecule has 4 heteroatoms. The molecule has 2 aliphatic rings. The summed E-state index contributed by atoms with van der Waals surface area (Å²) in [5.41, 5.74) is 2.33. The predicted octanol–water partition coefficient (Wildman–Crippen LogP) is 4.30. The molecule has 2 fully saturated rings. The molecule has 2 unspecified atom stereocenters. The molecule has 1 aromatic carbocycles. The molecule has 0 amide bonds. The molecular weight excluding hydrogens is 300 g/mol. The Labute approximate surface area is 146 Å². The van der Waals surface area contributed by atoms with E-state index in [1.807, 2.05) is 0 Å². The standard InChI is InChI=1S/C20H32N2O2/c1-15-13-22(14-16(2)24-15)19-10-9-18(11-20(19)23-3)21-12-17-7-5-4-6-8-17/h9-11,15-17,21H,4-8,12-14H2,1-3H3. The molecule has 1 saturated carbocycles. The summed E-state index contributed by atoms with van der Waals surface area (Å²) < 4.78 is 11.5. The van der Waals surface area contributed by atoms with Gasteiger partial charge in [0.05, 0.1) is 25.0 Å². The van der Waals surface area contributed by atoms with Gasteiger partial charge in [0, 0.05) is 31.4 Å². The average molecular weight is 332 g/mol. The SMILES string of the molecule is COc1cc(NCC2CCCCC2)ccc1N1CC(C)OC(C)C1. The van der Waals surface area contributed by atoms with Crippen molar-refractivity contribution in [2.24, 2.45) is 5.92 Å². The number of rotatable bonds is 5. The quantitative estimate of drug-likeness (QED) is 0.871. The van der Waals surface area contributed by atoms with Crippen LogP contribution in [0.15, 0.2) is 18.2 Å². The summed E-state index contributed by atoms with van der Waals surface area (Å²) in [6.07, 6.45) is 7.43. The van der Waals surface area contributed by atoms with Gasteiger partial charge < -0.3 is 19.7 Å². The first-order valence-corrected chi connectivity index (χ1v) is 9.48. The van der Waals surface area contributed by atoms with Gasteiger partial charge in [-0.3, -0.25) is 0 Å². The third-order valence-electron chi connectivity index (χ3n) is 5.26. The molecule has 1 aromatic rings. The van der Waals surface area contributed by atoms with Gasteiger partial charge in [0.2, 0.25) is 0 Å². The zero-order chi connectivity index (χ0) is 16.9. The molecule has 24 heavy (non-hydrogen) atoms. The van der Waals surface area contributed by atoms with Crippen molar-refractivity contribution in [1.82, 2.24) is 0 Å². The first kappa shape index (κ1) is 17.4. The van der Waals surface area contributed by atoms with Crippen LogP contribution in [0.2, 0.25) is 0 Å². The van der Waals surface area contributed by atoms with Gasteiger partial charge in [0.1, 0.15) is 5.75 Å². The van der Waals surface area contributed by atoms with E-state index in [0.717, 1.165) is 37.0 Å². The van der Waals surface area contributed by atoms with Gasteiger partial charge in [-0.1, -0.05) is 19.3 Å². The van der Waals surface area contributed by atoms with E-state index < -0.39 is 0 Å². The van der Waals surface area contributed by atoms with Crippen LogP contribution in [0.3, 0.4) is 0 Å². The lowest BCUT2D eigenvalue weighted by Crippen LogP contribution is -2.45. The number of anilines is 2. The van der Waals surface area contributed by atoms with Gasteiger partial charge in [-0.15, -0.1) is 0 Å². The zero-order valence-electron chi connectivity index (χ0n) is 15.4. The molecule has 1 heterocycles. The summed E-state index contributed by atoms with van der Waals surface area (Å²) in [7, 11) is 1.76. The number of ether oxygens (including phenoxy) is 2. The van der Waals surface area contributed by atoms with Crippen LogP contribution in [-0.2, 0) is 4.74 Å². The zero-order valence-corrected chi connectivity index (χ0v) is 15.4. The second-order valence-electron chi connectivity index (χ2n) is 7.43. The average Bonchev–Trinajstić information content (AvgIpc) is 2.59. The number of morpholine rings is 1. The lowest BCUT2D eigenvalue weighted by Gasteiger charge is -2.37. The van der Waals surface area contributed by atoms with E-state index in [0.29, 0.717) is 0 Å².